The average Bonchev–Trinajstić information content (AvgIpc) is 2.32. The highest BCUT2D eigenvalue weighted by atomic mass is 35.5. The summed E-state index contributed by atoms with van der Waals surface area (Å²) in [5.41, 5.74) is 0.195. The molecular formula is C12H10ClNO2. The van der Waals surface area contributed by atoms with E-state index in [0.717, 1.165) is 0 Å². The van der Waals surface area contributed by atoms with Gasteiger partial charge in [-0.25, -0.2) is 0 Å². The van der Waals surface area contributed by atoms with Crippen LogP contribution in [0.1, 0.15) is 6.92 Å². The first-order valence-electron chi connectivity index (χ1n) is 4.77. The molecule has 0 saturated heterocycles. The monoisotopic (exact) mass is 235 g/mol. The molecule has 2 rings (SSSR count). The Morgan fingerprint density at radius 1 is 1.12 bits per heavy atom. The molecule has 0 heterocycles. The minimum Gasteiger partial charge on any atom is -0.506 e. The molecule has 4 heteroatoms. The van der Waals surface area contributed by atoms with E-state index in [9.17, 15) is 10.2 Å². The highest BCUT2D eigenvalue weighted by Gasteiger charge is 2.16. The van der Waals surface area contributed by atoms with Crippen molar-refractivity contribution in [3.05, 3.63) is 29.3 Å². The van der Waals surface area contributed by atoms with Crippen LogP contribution in [-0.2, 0) is 0 Å². The van der Waals surface area contributed by atoms with E-state index in [1.54, 1.807) is 31.2 Å². The number of phenolic OH excluding ortho intramolecular Hbond substituents is 2. The first-order valence-corrected chi connectivity index (χ1v) is 5.15. The predicted molar refractivity (Wildman–Crippen MR) is 66.1 cm³/mol. The second-order valence-corrected chi connectivity index (χ2v) is 3.67. The van der Waals surface area contributed by atoms with Crippen LogP contribution >= 0.6 is 11.6 Å². The maximum atomic E-state index is 9.98. The molecule has 16 heavy (non-hydrogen) atoms. The topological polar surface area (TPSA) is 52.8 Å². The van der Waals surface area contributed by atoms with Crippen molar-refractivity contribution in [3.63, 3.8) is 0 Å². The Kier molecular flexibility index (Phi) is 2.71. The maximum Gasteiger partial charge on any atom is 0.150 e. The fraction of sp³-hybridized carbons (Fsp3) is 0.0833. The Morgan fingerprint density at radius 2 is 1.69 bits per heavy atom. The number of phenols is 2. The summed E-state index contributed by atoms with van der Waals surface area (Å²) in [5.74, 6) is -0.0767. The summed E-state index contributed by atoms with van der Waals surface area (Å²) in [6.45, 7) is 1.71. The number of fused-ring (bicyclic) bond motifs is 1. The number of aromatic hydroxyl groups is 2. The van der Waals surface area contributed by atoms with Gasteiger partial charge < -0.3 is 10.2 Å². The highest BCUT2D eigenvalue weighted by molar-refractivity contribution is 6.36. The standard InChI is InChI=1S/C12H10ClNO2/c1-2-14-10-9(13)11(15)7-5-3-4-6-8(7)12(10)16/h2-6,15-16H,1H3. The summed E-state index contributed by atoms with van der Waals surface area (Å²) in [4.78, 5) is 3.95. The van der Waals surface area contributed by atoms with Gasteiger partial charge in [0.05, 0.1) is 0 Å². The van der Waals surface area contributed by atoms with Crippen molar-refractivity contribution in [1.82, 2.24) is 0 Å². The van der Waals surface area contributed by atoms with Crippen LogP contribution in [0.25, 0.3) is 10.8 Å². The summed E-state index contributed by atoms with van der Waals surface area (Å²) in [7, 11) is 0. The number of halogens is 1. The first kappa shape index (κ1) is 10.8. The third-order valence-electron chi connectivity index (χ3n) is 2.34. The van der Waals surface area contributed by atoms with Gasteiger partial charge in [0.25, 0.3) is 0 Å². The molecule has 0 aromatic heterocycles. The minimum atomic E-state index is -0.0596. The van der Waals surface area contributed by atoms with Gasteiger partial charge in [-0.2, -0.15) is 0 Å². The second kappa shape index (κ2) is 4.02. The zero-order chi connectivity index (χ0) is 11.7. The van der Waals surface area contributed by atoms with Crippen LogP contribution in [0.5, 0.6) is 11.5 Å². The number of nitrogens with zero attached hydrogens (tertiary/aromatic N) is 1. The number of aliphatic imine (C=N–C) groups is 1. The van der Waals surface area contributed by atoms with Crippen LogP contribution in [0.3, 0.4) is 0 Å². The van der Waals surface area contributed by atoms with E-state index in [-0.39, 0.29) is 22.2 Å². The van der Waals surface area contributed by atoms with Crippen molar-refractivity contribution in [2.24, 2.45) is 4.99 Å². The number of hydrogen-bond donors (Lipinski definition) is 2. The molecule has 0 aliphatic carbocycles. The lowest BCUT2D eigenvalue weighted by Gasteiger charge is -2.09. The van der Waals surface area contributed by atoms with Gasteiger partial charge in [0.2, 0.25) is 0 Å². The van der Waals surface area contributed by atoms with Gasteiger partial charge >= 0.3 is 0 Å². The number of hydrogen-bond acceptors (Lipinski definition) is 3. The van der Waals surface area contributed by atoms with Crippen LogP contribution < -0.4 is 0 Å². The molecule has 2 aromatic rings. The Morgan fingerprint density at radius 3 is 2.25 bits per heavy atom. The molecule has 2 aromatic carbocycles. The summed E-state index contributed by atoms with van der Waals surface area (Å²) >= 11 is 5.93. The van der Waals surface area contributed by atoms with Crippen LogP contribution in [0.15, 0.2) is 29.3 Å². The molecule has 0 aliphatic heterocycles. The van der Waals surface area contributed by atoms with Crippen LogP contribution in [0.4, 0.5) is 5.69 Å². The van der Waals surface area contributed by atoms with Gasteiger partial charge in [-0.05, 0) is 6.92 Å². The lowest BCUT2D eigenvalue weighted by Crippen LogP contribution is -1.80. The van der Waals surface area contributed by atoms with Gasteiger partial charge in [0.15, 0.2) is 5.75 Å². The summed E-state index contributed by atoms with van der Waals surface area (Å²) in [5, 5.41) is 21.0. The third-order valence-corrected chi connectivity index (χ3v) is 2.69. The fourth-order valence-corrected chi connectivity index (χ4v) is 1.85. The zero-order valence-corrected chi connectivity index (χ0v) is 9.36. The molecule has 0 aliphatic rings. The van der Waals surface area contributed by atoms with Crippen LogP contribution in [0, 0.1) is 0 Å². The molecular weight excluding hydrogens is 226 g/mol. The van der Waals surface area contributed by atoms with Crippen molar-refractivity contribution < 1.29 is 10.2 Å². The molecule has 82 valence electrons. The first-order chi connectivity index (χ1) is 7.66. The lowest BCUT2D eigenvalue weighted by molar-refractivity contribution is 0.471. The Hall–Kier alpha value is -1.74. The normalized spacial score (nSPS) is 11.4. The fourth-order valence-electron chi connectivity index (χ4n) is 1.60. The van der Waals surface area contributed by atoms with E-state index in [0.29, 0.717) is 10.8 Å². The molecule has 0 unspecified atom stereocenters. The Balaban J connectivity index is 2.94. The molecule has 0 bridgehead atoms. The minimum absolute atomic E-state index is 0.0171. The van der Waals surface area contributed by atoms with E-state index in [1.165, 1.54) is 6.21 Å². The van der Waals surface area contributed by atoms with Crippen molar-refractivity contribution in [2.45, 2.75) is 6.92 Å². The van der Waals surface area contributed by atoms with E-state index in [2.05, 4.69) is 4.99 Å². The smallest absolute Gasteiger partial charge is 0.150 e. The summed E-state index contributed by atoms with van der Waals surface area (Å²) in [6, 6.07) is 6.93. The van der Waals surface area contributed by atoms with Gasteiger partial charge in [-0.15, -0.1) is 0 Å². The van der Waals surface area contributed by atoms with E-state index < -0.39 is 0 Å². The van der Waals surface area contributed by atoms with Gasteiger partial charge in [-0.3, -0.25) is 4.99 Å². The highest BCUT2D eigenvalue weighted by Crippen LogP contribution is 2.47. The molecule has 0 fully saturated rings. The van der Waals surface area contributed by atoms with Gasteiger partial charge in [0.1, 0.15) is 16.5 Å². The van der Waals surface area contributed by atoms with Gasteiger partial charge in [-0.1, -0.05) is 35.9 Å². The summed E-state index contributed by atoms with van der Waals surface area (Å²) in [6.07, 6.45) is 1.51. The lowest BCUT2D eigenvalue weighted by atomic mass is 10.1. The largest absolute Gasteiger partial charge is 0.506 e. The molecule has 2 N–H and O–H groups in total. The third kappa shape index (κ3) is 1.49. The molecule has 0 atom stereocenters. The Bertz CT molecular complexity index is 579. The zero-order valence-electron chi connectivity index (χ0n) is 8.61. The Labute approximate surface area is 97.6 Å². The van der Waals surface area contributed by atoms with Crippen LogP contribution in [-0.4, -0.2) is 16.4 Å². The van der Waals surface area contributed by atoms with Gasteiger partial charge in [0, 0.05) is 17.0 Å². The quantitative estimate of drug-likeness (QED) is 0.586. The summed E-state index contributed by atoms with van der Waals surface area (Å²) < 4.78 is 0. The van der Waals surface area contributed by atoms with Crippen molar-refractivity contribution in [2.75, 3.05) is 0 Å². The maximum absolute atomic E-state index is 9.98. The number of rotatable bonds is 1. The average molecular weight is 236 g/mol. The number of benzene rings is 2. The van der Waals surface area contributed by atoms with E-state index >= 15 is 0 Å². The van der Waals surface area contributed by atoms with E-state index in [1.807, 2.05) is 0 Å². The predicted octanol–water partition coefficient (Wildman–Crippen LogP) is 3.63. The van der Waals surface area contributed by atoms with Crippen molar-refractivity contribution in [1.29, 1.82) is 0 Å². The van der Waals surface area contributed by atoms with Crippen LogP contribution in [0.2, 0.25) is 5.02 Å². The molecule has 0 saturated carbocycles. The molecule has 0 spiro atoms. The molecule has 0 amide bonds. The van der Waals surface area contributed by atoms with Crippen molar-refractivity contribution >= 4 is 34.3 Å². The SMILES string of the molecule is CC=Nc1c(Cl)c(O)c2ccccc2c1O. The van der Waals surface area contributed by atoms with E-state index in [4.69, 9.17) is 11.6 Å². The molecule has 3 nitrogen and oxygen atoms in total. The molecule has 0 radical (unpaired) electrons. The van der Waals surface area contributed by atoms with Crippen molar-refractivity contribution in [3.8, 4) is 11.5 Å². The second-order valence-electron chi connectivity index (χ2n) is 3.29.